The molecule has 0 aliphatic heterocycles. The van der Waals surface area contributed by atoms with Gasteiger partial charge in [-0.05, 0) is 31.9 Å². The zero-order valence-electron chi connectivity index (χ0n) is 16.1. The molecule has 1 N–H and O–H groups in total. The lowest BCUT2D eigenvalue weighted by atomic mass is 9.66. The first-order chi connectivity index (χ1) is 13.5. The number of aromatic amines is 1. The van der Waals surface area contributed by atoms with Crippen LogP contribution in [-0.4, -0.2) is 51.9 Å². The molecule has 0 fully saturated rings. The van der Waals surface area contributed by atoms with Crippen LogP contribution in [0.4, 0.5) is 4.39 Å². The van der Waals surface area contributed by atoms with Crippen molar-refractivity contribution in [3.63, 3.8) is 0 Å². The summed E-state index contributed by atoms with van der Waals surface area (Å²) in [4.78, 5) is 27.5. The van der Waals surface area contributed by atoms with E-state index in [9.17, 15) is 14.0 Å². The van der Waals surface area contributed by atoms with Crippen molar-refractivity contribution >= 4 is 29.6 Å². The first-order valence-electron chi connectivity index (χ1n) is 9.50. The van der Waals surface area contributed by atoms with Gasteiger partial charge in [-0.3, -0.25) is 9.20 Å². The van der Waals surface area contributed by atoms with Gasteiger partial charge in [-0.15, -0.1) is 10.2 Å². The average Bonchev–Trinajstić information content (AvgIpc) is 3.12. The molecule has 0 spiro atoms. The Morgan fingerprint density at radius 2 is 2.21 bits per heavy atom. The van der Waals surface area contributed by atoms with Gasteiger partial charge in [-0.2, -0.15) is 0 Å². The van der Waals surface area contributed by atoms with Gasteiger partial charge in [0.05, 0.1) is 17.1 Å². The van der Waals surface area contributed by atoms with Crippen molar-refractivity contribution in [1.29, 1.82) is 0 Å². The SMILES string of the molecule is CCCc1nnc2c(=O)[nH]c3cc(C(=O)[B]CCCOC(C)CF)ccc3n12. The van der Waals surface area contributed by atoms with E-state index in [0.29, 0.717) is 36.8 Å². The monoisotopic (exact) mass is 385 g/mol. The maximum absolute atomic E-state index is 12.4. The van der Waals surface area contributed by atoms with Gasteiger partial charge in [0.25, 0.3) is 5.56 Å². The Hall–Kier alpha value is -2.55. The van der Waals surface area contributed by atoms with E-state index >= 15 is 0 Å². The highest BCUT2D eigenvalue weighted by Crippen LogP contribution is 2.16. The zero-order valence-corrected chi connectivity index (χ0v) is 16.1. The molecule has 147 valence electrons. The third-order valence-corrected chi connectivity index (χ3v) is 4.47. The summed E-state index contributed by atoms with van der Waals surface area (Å²) in [6.07, 6.45) is 2.35. The minimum Gasteiger partial charge on any atom is -0.376 e. The average molecular weight is 385 g/mol. The zero-order chi connectivity index (χ0) is 20.1. The molecule has 0 aliphatic rings. The molecule has 0 aliphatic carbocycles. The summed E-state index contributed by atoms with van der Waals surface area (Å²) >= 11 is 0. The smallest absolute Gasteiger partial charge is 0.294 e. The van der Waals surface area contributed by atoms with Gasteiger partial charge < -0.3 is 14.5 Å². The number of aromatic nitrogens is 4. The van der Waals surface area contributed by atoms with Crippen molar-refractivity contribution in [3.8, 4) is 0 Å². The molecule has 7 nitrogen and oxygen atoms in total. The minimum atomic E-state index is -0.516. The van der Waals surface area contributed by atoms with Crippen LogP contribution in [-0.2, 0) is 11.2 Å². The molecule has 3 aromatic rings. The Morgan fingerprint density at radius 1 is 1.39 bits per heavy atom. The lowest BCUT2D eigenvalue weighted by molar-refractivity contribution is 0.0490. The lowest BCUT2D eigenvalue weighted by Crippen LogP contribution is -2.15. The number of nitrogens with one attached hydrogen (secondary N) is 1. The van der Waals surface area contributed by atoms with Gasteiger partial charge in [-0.1, -0.05) is 19.3 Å². The fourth-order valence-corrected chi connectivity index (χ4v) is 3.03. The van der Waals surface area contributed by atoms with Gasteiger partial charge in [0.1, 0.15) is 18.2 Å². The maximum atomic E-state index is 12.4. The van der Waals surface area contributed by atoms with Crippen LogP contribution in [0.25, 0.3) is 16.7 Å². The van der Waals surface area contributed by atoms with Crippen LogP contribution in [0.3, 0.4) is 0 Å². The first-order valence-corrected chi connectivity index (χ1v) is 9.50. The number of carbonyl (C=O) groups excluding carboxylic acids is 1. The van der Waals surface area contributed by atoms with Gasteiger partial charge in [0.2, 0.25) is 12.9 Å². The van der Waals surface area contributed by atoms with Crippen LogP contribution >= 0.6 is 0 Å². The molecule has 9 heteroatoms. The largest absolute Gasteiger partial charge is 0.376 e. The first kappa shape index (κ1) is 20.2. The topological polar surface area (TPSA) is 89.4 Å². The van der Waals surface area contributed by atoms with E-state index in [0.717, 1.165) is 17.8 Å². The number of nitrogens with zero attached hydrogens (tertiary/aromatic N) is 3. The van der Waals surface area contributed by atoms with E-state index in [1.54, 1.807) is 36.8 Å². The van der Waals surface area contributed by atoms with Crippen LogP contribution in [0.5, 0.6) is 0 Å². The Labute approximate surface area is 162 Å². The molecular formula is C19H23BFN4O3. The second-order valence-corrected chi connectivity index (χ2v) is 6.76. The van der Waals surface area contributed by atoms with Crippen LogP contribution in [0.2, 0.25) is 6.32 Å². The van der Waals surface area contributed by atoms with Crippen LogP contribution < -0.4 is 5.56 Å². The van der Waals surface area contributed by atoms with Gasteiger partial charge in [0.15, 0.2) is 0 Å². The van der Waals surface area contributed by atoms with Crippen LogP contribution in [0.15, 0.2) is 23.0 Å². The fourth-order valence-electron chi connectivity index (χ4n) is 3.03. The number of alkyl halides is 1. The quantitative estimate of drug-likeness (QED) is 0.428. The molecule has 28 heavy (non-hydrogen) atoms. The summed E-state index contributed by atoms with van der Waals surface area (Å²) in [5.41, 5.74) is 1.60. The van der Waals surface area contributed by atoms with Crippen LogP contribution in [0.1, 0.15) is 42.9 Å². The van der Waals surface area contributed by atoms with E-state index in [2.05, 4.69) is 15.2 Å². The molecular weight excluding hydrogens is 362 g/mol. The number of hydrogen-bond donors (Lipinski definition) is 1. The van der Waals surface area contributed by atoms with E-state index in [4.69, 9.17) is 4.74 Å². The summed E-state index contributed by atoms with van der Waals surface area (Å²) < 4.78 is 19.3. The lowest BCUT2D eigenvalue weighted by Gasteiger charge is -2.08. The van der Waals surface area contributed by atoms with Crippen molar-refractivity contribution < 1.29 is 13.9 Å². The van der Waals surface area contributed by atoms with Crippen molar-refractivity contribution in [2.75, 3.05) is 13.3 Å². The Kier molecular flexibility index (Phi) is 6.56. The fraction of sp³-hybridized carbons (Fsp3) is 0.474. The van der Waals surface area contributed by atoms with Gasteiger partial charge >= 0.3 is 0 Å². The number of hydrogen-bond acceptors (Lipinski definition) is 5. The molecule has 1 aromatic carbocycles. The van der Waals surface area contributed by atoms with Gasteiger partial charge in [-0.25, -0.2) is 4.39 Å². The molecule has 1 unspecified atom stereocenters. The Balaban J connectivity index is 1.76. The number of ether oxygens (including phenoxy) is 1. The summed E-state index contributed by atoms with van der Waals surface area (Å²) in [5.74, 6) is 0.724. The van der Waals surface area contributed by atoms with Crippen molar-refractivity contribution in [3.05, 3.63) is 39.9 Å². The highest BCUT2D eigenvalue weighted by atomic mass is 19.1. The predicted octanol–water partition coefficient (Wildman–Crippen LogP) is 2.55. The normalized spacial score (nSPS) is 12.5. The minimum absolute atomic E-state index is 0.126. The highest BCUT2D eigenvalue weighted by molar-refractivity contribution is 6.77. The van der Waals surface area contributed by atoms with E-state index in [1.807, 2.05) is 6.92 Å². The number of aryl methyl sites for hydroxylation is 1. The summed E-state index contributed by atoms with van der Waals surface area (Å²) in [5, 5.41) is 8.10. The van der Waals surface area contributed by atoms with Crippen LogP contribution in [0, 0.1) is 0 Å². The molecule has 0 saturated carbocycles. The second-order valence-electron chi connectivity index (χ2n) is 6.76. The number of carbonyl (C=O) groups is 1. The number of benzene rings is 1. The third kappa shape index (κ3) is 4.30. The van der Waals surface area contributed by atoms with Crippen molar-refractivity contribution in [2.24, 2.45) is 0 Å². The molecule has 2 heterocycles. The van der Waals surface area contributed by atoms with E-state index in [-0.39, 0.29) is 16.9 Å². The van der Waals surface area contributed by atoms with Gasteiger partial charge in [0, 0.05) is 18.6 Å². The highest BCUT2D eigenvalue weighted by Gasteiger charge is 2.14. The Bertz CT molecular complexity index is 1030. The summed E-state index contributed by atoms with van der Waals surface area (Å²) in [7, 11) is 1.59. The standard InChI is InChI=1S/C19H23BFN4O3/c1-3-5-16-23-24-18-19(27)22-14-10-13(6-7-15(14)25(16)18)17(26)20-8-4-9-28-12(2)11-21/h6-7,10,12H,3-5,8-9,11H2,1-2H3,(H,22,27). The predicted molar refractivity (Wildman–Crippen MR) is 106 cm³/mol. The molecule has 1 atom stereocenters. The molecule has 1 radical (unpaired) electrons. The maximum Gasteiger partial charge on any atom is 0.294 e. The number of halogens is 1. The number of fused-ring (bicyclic) bond motifs is 3. The molecule has 0 bridgehead atoms. The molecule has 2 aromatic heterocycles. The number of H-pyrrole nitrogens is 1. The van der Waals surface area contributed by atoms with E-state index in [1.165, 1.54) is 0 Å². The molecule has 3 rings (SSSR count). The summed E-state index contributed by atoms with van der Waals surface area (Å²) in [6, 6.07) is 5.20. The second kappa shape index (κ2) is 9.10. The third-order valence-electron chi connectivity index (χ3n) is 4.47. The summed E-state index contributed by atoms with van der Waals surface area (Å²) in [6.45, 7) is 3.60. The van der Waals surface area contributed by atoms with Crippen molar-refractivity contribution in [2.45, 2.75) is 45.5 Å². The van der Waals surface area contributed by atoms with E-state index < -0.39 is 12.8 Å². The number of rotatable bonds is 10. The molecule has 0 amide bonds. The Morgan fingerprint density at radius 3 is 2.96 bits per heavy atom. The van der Waals surface area contributed by atoms with Crippen molar-refractivity contribution in [1.82, 2.24) is 19.6 Å². The molecule has 0 saturated heterocycles.